The van der Waals surface area contributed by atoms with Crippen molar-refractivity contribution in [1.82, 2.24) is 5.43 Å². The lowest BCUT2D eigenvalue weighted by molar-refractivity contribution is 0.398. The molecular formula is C15H24N2. The van der Waals surface area contributed by atoms with Crippen molar-refractivity contribution in [2.75, 3.05) is 0 Å². The van der Waals surface area contributed by atoms with Crippen molar-refractivity contribution < 1.29 is 0 Å². The van der Waals surface area contributed by atoms with Crippen molar-refractivity contribution in [1.29, 1.82) is 0 Å². The van der Waals surface area contributed by atoms with Crippen LogP contribution in [0.15, 0.2) is 24.3 Å². The third kappa shape index (κ3) is 3.08. The predicted molar refractivity (Wildman–Crippen MR) is 72.5 cm³/mol. The minimum atomic E-state index is 0.328. The Bertz CT molecular complexity index is 343. The SMILES string of the molecule is CCc1ccccc1C(CC1CCCC1)NN. The third-order valence-electron chi connectivity index (χ3n) is 4.06. The fraction of sp³-hybridized carbons (Fsp3) is 0.600. The van der Waals surface area contributed by atoms with Crippen LogP contribution in [0, 0.1) is 5.92 Å². The van der Waals surface area contributed by atoms with Gasteiger partial charge in [-0.05, 0) is 29.9 Å². The second-order valence-electron chi connectivity index (χ2n) is 5.16. The molecule has 1 aromatic rings. The van der Waals surface area contributed by atoms with Gasteiger partial charge >= 0.3 is 0 Å². The molecule has 1 aliphatic carbocycles. The topological polar surface area (TPSA) is 38.0 Å². The molecule has 2 heteroatoms. The van der Waals surface area contributed by atoms with Crippen molar-refractivity contribution in [2.45, 2.75) is 51.5 Å². The maximum absolute atomic E-state index is 5.76. The van der Waals surface area contributed by atoms with E-state index in [0.29, 0.717) is 6.04 Å². The molecular weight excluding hydrogens is 208 g/mol. The highest BCUT2D eigenvalue weighted by molar-refractivity contribution is 5.30. The fourth-order valence-electron chi connectivity index (χ4n) is 3.06. The number of benzene rings is 1. The number of hydrogen-bond acceptors (Lipinski definition) is 2. The summed E-state index contributed by atoms with van der Waals surface area (Å²) in [6.07, 6.45) is 7.83. The molecule has 2 nitrogen and oxygen atoms in total. The summed E-state index contributed by atoms with van der Waals surface area (Å²) in [5, 5.41) is 0. The first-order valence-electron chi connectivity index (χ1n) is 6.89. The monoisotopic (exact) mass is 232 g/mol. The quantitative estimate of drug-likeness (QED) is 0.603. The van der Waals surface area contributed by atoms with E-state index in [9.17, 15) is 0 Å². The smallest absolute Gasteiger partial charge is 0.0465 e. The highest BCUT2D eigenvalue weighted by Gasteiger charge is 2.21. The molecule has 17 heavy (non-hydrogen) atoms. The Balaban J connectivity index is 2.10. The van der Waals surface area contributed by atoms with Crippen LogP contribution >= 0.6 is 0 Å². The average Bonchev–Trinajstić information content (AvgIpc) is 2.89. The van der Waals surface area contributed by atoms with E-state index in [1.54, 1.807) is 0 Å². The zero-order chi connectivity index (χ0) is 12.1. The van der Waals surface area contributed by atoms with Crippen molar-refractivity contribution in [3.05, 3.63) is 35.4 Å². The van der Waals surface area contributed by atoms with E-state index in [0.717, 1.165) is 12.3 Å². The summed E-state index contributed by atoms with van der Waals surface area (Å²) in [4.78, 5) is 0. The molecule has 1 unspecified atom stereocenters. The van der Waals surface area contributed by atoms with E-state index < -0.39 is 0 Å². The van der Waals surface area contributed by atoms with Crippen LogP contribution in [-0.2, 0) is 6.42 Å². The lowest BCUT2D eigenvalue weighted by atomic mass is 9.90. The molecule has 0 bridgehead atoms. The molecule has 3 N–H and O–H groups in total. The summed E-state index contributed by atoms with van der Waals surface area (Å²) in [7, 11) is 0. The molecule has 1 aromatic carbocycles. The summed E-state index contributed by atoms with van der Waals surface area (Å²) in [6, 6.07) is 9.00. The van der Waals surface area contributed by atoms with Crippen molar-refractivity contribution in [2.24, 2.45) is 11.8 Å². The van der Waals surface area contributed by atoms with E-state index in [4.69, 9.17) is 5.84 Å². The van der Waals surface area contributed by atoms with Gasteiger partial charge in [0.15, 0.2) is 0 Å². The van der Waals surface area contributed by atoms with Gasteiger partial charge in [0.05, 0.1) is 0 Å². The Morgan fingerprint density at radius 3 is 2.65 bits per heavy atom. The normalized spacial score (nSPS) is 18.5. The van der Waals surface area contributed by atoms with E-state index in [2.05, 4.69) is 36.6 Å². The Hall–Kier alpha value is -0.860. The van der Waals surface area contributed by atoms with Crippen LogP contribution in [0.25, 0.3) is 0 Å². The molecule has 1 saturated carbocycles. The Labute approximate surface area is 105 Å². The van der Waals surface area contributed by atoms with E-state index in [1.165, 1.54) is 43.2 Å². The Morgan fingerprint density at radius 1 is 1.29 bits per heavy atom. The first-order chi connectivity index (χ1) is 8.35. The number of nitrogens with two attached hydrogens (primary N) is 1. The van der Waals surface area contributed by atoms with Gasteiger partial charge in [0.2, 0.25) is 0 Å². The first-order valence-corrected chi connectivity index (χ1v) is 6.89. The third-order valence-corrected chi connectivity index (χ3v) is 4.06. The molecule has 0 saturated heterocycles. The molecule has 0 heterocycles. The zero-order valence-electron chi connectivity index (χ0n) is 10.8. The lowest BCUT2D eigenvalue weighted by Gasteiger charge is -2.22. The summed E-state index contributed by atoms with van der Waals surface area (Å²) in [5.41, 5.74) is 5.84. The molecule has 2 rings (SSSR count). The van der Waals surface area contributed by atoms with Crippen LogP contribution in [0.2, 0.25) is 0 Å². The predicted octanol–water partition coefficient (Wildman–Crippen LogP) is 3.33. The molecule has 1 fully saturated rings. The van der Waals surface area contributed by atoms with E-state index in [-0.39, 0.29) is 0 Å². The number of rotatable bonds is 5. The second-order valence-corrected chi connectivity index (χ2v) is 5.16. The molecule has 94 valence electrons. The van der Waals surface area contributed by atoms with Crippen LogP contribution in [0.5, 0.6) is 0 Å². The summed E-state index contributed by atoms with van der Waals surface area (Å²) >= 11 is 0. The van der Waals surface area contributed by atoms with Crippen molar-refractivity contribution in [3.8, 4) is 0 Å². The molecule has 1 aliphatic rings. The Kier molecular flexibility index (Phi) is 4.57. The van der Waals surface area contributed by atoms with Gasteiger partial charge in [0.25, 0.3) is 0 Å². The van der Waals surface area contributed by atoms with Crippen LogP contribution in [-0.4, -0.2) is 0 Å². The van der Waals surface area contributed by atoms with Gasteiger partial charge in [-0.1, -0.05) is 56.9 Å². The molecule has 1 atom stereocenters. The van der Waals surface area contributed by atoms with Crippen LogP contribution < -0.4 is 11.3 Å². The van der Waals surface area contributed by atoms with Gasteiger partial charge in [-0.3, -0.25) is 11.3 Å². The standard InChI is InChI=1S/C15H24N2/c1-2-13-9-5-6-10-14(13)15(17-16)11-12-7-3-4-8-12/h5-6,9-10,12,15,17H,2-4,7-8,11,16H2,1H3. The number of hydrazine groups is 1. The maximum atomic E-state index is 5.76. The Morgan fingerprint density at radius 2 is 2.00 bits per heavy atom. The second kappa shape index (κ2) is 6.18. The fourth-order valence-corrected chi connectivity index (χ4v) is 3.06. The maximum Gasteiger partial charge on any atom is 0.0465 e. The van der Waals surface area contributed by atoms with Gasteiger partial charge in [0.1, 0.15) is 0 Å². The van der Waals surface area contributed by atoms with Gasteiger partial charge in [-0.15, -0.1) is 0 Å². The van der Waals surface area contributed by atoms with Gasteiger partial charge in [-0.2, -0.15) is 0 Å². The molecule has 0 amide bonds. The molecule has 0 aliphatic heterocycles. The molecule has 0 aromatic heterocycles. The van der Waals surface area contributed by atoms with Gasteiger partial charge in [0, 0.05) is 6.04 Å². The van der Waals surface area contributed by atoms with Crippen LogP contribution in [0.4, 0.5) is 0 Å². The number of hydrogen-bond donors (Lipinski definition) is 2. The number of nitrogens with one attached hydrogen (secondary N) is 1. The first kappa shape index (κ1) is 12.6. The number of aryl methyl sites for hydroxylation is 1. The highest BCUT2D eigenvalue weighted by atomic mass is 15.2. The van der Waals surface area contributed by atoms with Gasteiger partial charge < -0.3 is 0 Å². The summed E-state index contributed by atoms with van der Waals surface area (Å²) < 4.78 is 0. The van der Waals surface area contributed by atoms with E-state index >= 15 is 0 Å². The van der Waals surface area contributed by atoms with E-state index in [1.807, 2.05) is 0 Å². The van der Waals surface area contributed by atoms with Crippen molar-refractivity contribution in [3.63, 3.8) is 0 Å². The van der Waals surface area contributed by atoms with Crippen LogP contribution in [0.1, 0.15) is 56.2 Å². The summed E-state index contributed by atoms with van der Waals surface area (Å²) in [6.45, 7) is 2.21. The largest absolute Gasteiger partial charge is 0.271 e. The summed E-state index contributed by atoms with van der Waals surface area (Å²) in [5.74, 6) is 6.62. The lowest BCUT2D eigenvalue weighted by Crippen LogP contribution is -2.30. The van der Waals surface area contributed by atoms with Gasteiger partial charge in [-0.25, -0.2) is 0 Å². The molecule has 0 spiro atoms. The van der Waals surface area contributed by atoms with Crippen molar-refractivity contribution >= 4 is 0 Å². The average molecular weight is 232 g/mol. The minimum absolute atomic E-state index is 0.328. The minimum Gasteiger partial charge on any atom is -0.271 e. The zero-order valence-corrected chi connectivity index (χ0v) is 10.8. The molecule has 0 radical (unpaired) electrons. The highest BCUT2D eigenvalue weighted by Crippen LogP contribution is 2.33. The van der Waals surface area contributed by atoms with Crippen LogP contribution in [0.3, 0.4) is 0 Å².